The average molecular weight is 337 g/mol. The van der Waals surface area contributed by atoms with Gasteiger partial charge in [-0.2, -0.15) is 13.2 Å². The highest BCUT2D eigenvalue weighted by Gasteiger charge is 2.30. The van der Waals surface area contributed by atoms with E-state index in [0.29, 0.717) is 12.0 Å². The van der Waals surface area contributed by atoms with Crippen LogP contribution in [0.5, 0.6) is 5.75 Å². The standard InChI is InChI=1S/C19H22F3NO/c1-14(16-8-4-10-18(13-16)24-2)23-11-5-7-15-6-3-9-17(12-15)19(20,21)22/h3-4,6,8-10,12-14,23H,5,7,11H2,1-2H3. The van der Waals surface area contributed by atoms with Gasteiger partial charge in [0.05, 0.1) is 12.7 Å². The normalized spacial score (nSPS) is 12.9. The van der Waals surface area contributed by atoms with E-state index in [1.54, 1.807) is 13.2 Å². The quantitative estimate of drug-likeness (QED) is 0.718. The fourth-order valence-corrected chi connectivity index (χ4v) is 2.54. The topological polar surface area (TPSA) is 21.3 Å². The molecule has 2 rings (SSSR count). The van der Waals surface area contributed by atoms with E-state index in [1.807, 2.05) is 24.3 Å². The van der Waals surface area contributed by atoms with Crippen LogP contribution in [0.15, 0.2) is 48.5 Å². The molecule has 0 fully saturated rings. The number of nitrogens with one attached hydrogen (secondary N) is 1. The fourth-order valence-electron chi connectivity index (χ4n) is 2.54. The van der Waals surface area contributed by atoms with Gasteiger partial charge < -0.3 is 10.1 Å². The van der Waals surface area contributed by atoms with Crippen LogP contribution in [-0.2, 0) is 12.6 Å². The third-order valence-corrected chi connectivity index (χ3v) is 3.94. The van der Waals surface area contributed by atoms with Crippen molar-refractivity contribution in [1.82, 2.24) is 5.32 Å². The van der Waals surface area contributed by atoms with Crippen molar-refractivity contribution in [2.24, 2.45) is 0 Å². The van der Waals surface area contributed by atoms with Crippen molar-refractivity contribution < 1.29 is 17.9 Å². The van der Waals surface area contributed by atoms with Gasteiger partial charge in [0.1, 0.15) is 5.75 Å². The van der Waals surface area contributed by atoms with E-state index in [2.05, 4.69) is 12.2 Å². The van der Waals surface area contributed by atoms with Crippen molar-refractivity contribution in [3.63, 3.8) is 0 Å². The number of rotatable bonds is 7. The van der Waals surface area contributed by atoms with Gasteiger partial charge >= 0.3 is 6.18 Å². The molecule has 0 saturated heterocycles. The summed E-state index contributed by atoms with van der Waals surface area (Å²) in [6.07, 6.45) is -2.90. The van der Waals surface area contributed by atoms with Crippen LogP contribution in [-0.4, -0.2) is 13.7 Å². The van der Waals surface area contributed by atoms with E-state index < -0.39 is 11.7 Å². The summed E-state index contributed by atoms with van der Waals surface area (Å²) in [5.41, 5.74) is 1.24. The van der Waals surface area contributed by atoms with Crippen LogP contribution < -0.4 is 10.1 Å². The predicted molar refractivity (Wildman–Crippen MR) is 89.2 cm³/mol. The zero-order valence-corrected chi connectivity index (χ0v) is 13.9. The molecule has 2 nitrogen and oxygen atoms in total. The second-order valence-corrected chi connectivity index (χ2v) is 5.75. The van der Waals surface area contributed by atoms with Crippen molar-refractivity contribution >= 4 is 0 Å². The molecule has 0 heterocycles. The second kappa shape index (κ2) is 8.20. The zero-order chi connectivity index (χ0) is 17.6. The Bertz CT molecular complexity index is 655. The first-order valence-electron chi connectivity index (χ1n) is 7.93. The monoisotopic (exact) mass is 337 g/mol. The molecule has 0 aliphatic rings. The summed E-state index contributed by atoms with van der Waals surface area (Å²) >= 11 is 0. The van der Waals surface area contributed by atoms with E-state index in [9.17, 15) is 13.2 Å². The van der Waals surface area contributed by atoms with E-state index >= 15 is 0 Å². The van der Waals surface area contributed by atoms with E-state index in [0.717, 1.165) is 30.3 Å². The molecule has 2 aromatic rings. The van der Waals surface area contributed by atoms with Crippen LogP contribution in [0.2, 0.25) is 0 Å². The van der Waals surface area contributed by atoms with Crippen molar-refractivity contribution in [3.8, 4) is 5.75 Å². The maximum Gasteiger partial charge on any atom is 0.416 e. The molecule has 0 saturated carbocycles. The summed E-state index contributed by atoms with van der Waals surface area (Å²) in [7, 11) is 1.63. The molecule has 130 valence electrons. The van der Waals surface area contributed by atoms with Crippen LogP contribution in [0.1, 0.15) is 36.1 Å². The SMILES string of the molecule is COc1cccc(C(C)NCCCc2cccc(C(F)(F)F)c2)c1. The Kier molecular flexibility index (Phi) is 6.26. The Morgan fingerprint density at radius 1 is 1.08 bits per heavy atom. The van der Waals surface area contributed by atoms with Gasteiger partial charge in [-0.3, -0.25) is 0 Å². The highest BCUT2D eigenvalue weighted by Crippen LogP contribution is 2.29. The summed E-state index contributed by atoms with van der Waals surface area (Å²) in [6, 6.07) is 13.5. The smallest absolute Gasteiger partial charge is 0.416 e. The lowest BCUT2D eigenvalue weighted by molar-refractivity contribution is -0.137. The molecule has 5 heteroatoms. The first-order chi connectivity index (χ1) is 11.4. The Labute approximate surface area is 140 Å². The molecular formula is C19H22F3NO. The van der Waals surface area contributed by atoms with E-state index in [1.165, 1.54) is 12.1 Å². The molecule has 0 bridgehead atoms. The molecule has 1 N–H and O–H groups in total. The van der Waals surface area contributed by atoms with Crippen molar-refractivity contribution in [2.75, 3.05) is 13.7 Å². The Balaban J connectivity index is 1.82. The highest BCUT2D eigenvalue weighted by molar-refractivity contribution is 5.30. The van der Waals surface area contributed by atoms with Crippen LogP contribution >= 0.6 is 0 Å². The summed E-state index contributed by atoms with van der Waals surface area (Å²) in [4.78, 5) is 0. The molecule has 0 aromatic heterocycles. The van der Waals surface area contributed by atoms with Gasteiger partial charge in [0, 0.05) is 6.04 Å². The minimum absolute atomic E-state index is 0.154. The van der Waals surface area contributed by atoms with Crippen LogP contribution in [0, 0.1) is 0 Å². The molecule has 0 radical (unpaired) electrons. The van der Waals surface area contributed by atoms with Crippen molar-refractivity contribution in [3.05, 3.63) is 65.2 Å². The Morgan fingerprint density at radius 2 is 1.83 bits per heavy atom. The predicted octanol–water partition coefficient (Wildman–Crippen LogP) is 5.00. The first kappa shape index (κ1) is 18.3. The van der Waals surface area contributed by atoms with Gasteiger partial charge in [-0.25, -0.2) is 0 Å². The molecule has 1 atom stereocenters. The highest BCUT2D eigenvalue weighted by atomic mass is 19.4. The number of aryl methyl sites for hydroxylation is 1. The van der Waals surface area contributed by atoms with Crippen LogP contribution in [0.3, 0.4) is 0 Å². The Morgan fingerprint density at radius 3 is 2.54 bits per heavy atom. The number of ether oxygens (including phenoxy) is 1. The molecule has 24 heavy (non-hydrogen) atoms. The number of methoxy groups -OCH3 is 1. The van der Waals surface area contributed by atoms with Crippen LogP contribution in [0.4, 0.5) is 13.2 Å². The third kappa shape index (κ3) is 5.27. The minimum Gasteiger partial charge on any atom is -0.497 e. The lowest BCUT2D eigenvalue weighted by atomic mass is 10.1. The number of benzene rings is 2. The van der Waals surface area contributed by atoms with Gasteiger partial charge in [0.15, 0.2) is 0 Å². The summed E-state index contributed by atoms with van der Waals surface area (Å²) < 4.78 is 43.3. The maximum absolute atomic E-state index is 12.7. The summed E-state index contributed by atoms with van der Waals surface area (Å²) in [5, 5.41) is 3.39. The van der Waals surface area contributed by atoms with E-state index in [-0.39, 0.29) is 6.04 Å². The maximum atomic E-state index is 12.7. The van der Waals surface area contributed by atoms with Crippen molar-refractivity contribution in [2.45, 2.75) is 32.0 Å². The molecule has 1 unspecified atom stereocenters. The molecule has 0 aliphatic carbocycles. The Hall–Kier alpha value is -2.01. The summed E-state index contributed by atoms with van der Waals surface area (Å²) in [5.74, 6) is 0.810. The number of alkyl halides is 3. The lowest BCUT2D eigenvalue weighted by Crippen LogP contribution is -2.20. The fraction of sp³-hybridized carbons (Fsp3) is 0.368. The zero-order valence-electron chi connectivity index (χ0n) is 13.9. The van der Waals surface area contributed by atoms with Gasteiger partial charge in [0.25, 0.3) is 0 Å². The van der Waals surface area contributed by atoms with Gasteiger partial charge in [-0.15, -0.1) is 0 Å². The largest absolute Gasteiger partial charge is 0.497 e. The molecule has 0 amide bonds. The van der Waals surface area contributed by atoms with Crippen LogP contribution in [0.25, 0.3) is 0 Å². The molecule has 2 aromatic carbocycles. The van der Waals surface area contributed by atoms with Gasteiger partial charge in [-0.05, 0) is 55.6 Å². The molecule has 0 spiro atoms. The van der Waals surface area contributed by atoms with Gasteiger partial charge in [0.2, 0.25) is 0 Å². The average Bonchev–Trinajstić information content (AvgIpc) is 2.58. The lowest BCUT2D eigenvalue weighted by Gasteiger charge is -2.15. The number of halogens is 3. The van der Waals surface area contributed by atoms with E-state index in [4.69, 9.17) is 4.74 Å². The second-order valence-electron chi connectivity index (χ2n) is 5.75. The van der Waals surface area contributed by atoms with Crippen molar-refractivity contribution in [1.29, 1.82) is 0 Å². The molecular weight excluding hydrogens is 315 g/mol. The first-order valence-corrected chi connectivity index (χ1v) is 7.93. The van der Waals surface area contributed by atoms with Gasteiger partial charge in [-0.1, -0.05) is 30.3 Å². The minimum atomic E-state index is -4.28. The summed E-state index contributed by atoms with van der Waals surface area (Å²) in [6.45, 7) is 2.79. The third-order valence-electron chi connectivity index (χ3n) is 3.94. The number of hydrogen-bond acceptors (Lipinski definition) is 2. The number of hydrogen-bond donors (Lipinski definition) is 1. The molecule has 0 aliphatic heterocycles.